The van der Waals surface area contributed by atoms with Crippen LogP contribution in [0, 0.1) is 5.92 Å². The molecule has 1 aliphatic rings. The molecular formula is C28H32F3N7. The predicted octanol–water partition coefficient (Wildman–Crippen LogP) is 5.87. The van der Waals surface area contributed by atoms with Crippen LogP contribution in [0.25, 0.3) is 22.2 Å². The minimum Gasteiger partial charge on any atom is -0.362 e. The Morgan fingerprint density at radius 3 is 2.42 bits per heavy atom. The van der Waals surface area contributed by atoms with E-state index in [-0.39, 0.29) is 0 Å². The number of nitrogens with zero attached hydrogens (tertiary/aromatic N) is 4. The van der Waals surface area contributed by atoms with Crippen LogP contribution in [0.15, 0.2) is 54.7 Å². The first-order valence-corrected chi connectivity index (χ1v) is 12.9. The molecule has 200 valence electrons. The third-order valence-corrected chi connectivity index (χ3v) is 7.15. The molecule has 0 radical (unpaired) electrons. The number of hydrogen-bond donors (Lipinski definition) is 3. The summed E-state index contributed by atoms with van der Waals surface area (Å²) in [6, 6.07) is 13.6. The standard InChI is InChI=1S/C28H32F3N7/c1-38(2)26-23-5-3-4-6-24(23)35-27(36-26)34-22-13-7-18(8-14-22)15-32-16-20-17-33-37-25(20)19-9-11-21(12-10-19)28(29,30)31/h3-6,9-12,17-18,22,32H,7-8,13-16H2,1-2H3,(H,33,37)(H,34,35,36). The van der Waals surface area contributed by atoms with Gasteiger partial charge in [0.2, 0.25) is 5.95 Å². The zero-order valence-electron chi connectivity index (χ0n) is 21.5. The Bertz CT molecular complexity index is 1360. The van der Waals surface area contributed by atoms with Gasteiger partial charge in [0.05, 0.1) is 23.0 Å². The third kappa shape index (κ3) is 5.91. The first kappa shape index (κ1) is 26.0. The number of nitrogens with one attached hydrogen (secondary N) is 3. The highest BCUT2D eigenvalue weighted by molar-refractivity contribution is 5.90. The number of fused-ring (bicyclic) bond motifs is 1. The van der Waals surface area contributed by atoms with E-state index in [1.807, 2.05) is 43.3 Å². The molecule has 5 rings (SSSR count). The Kier molecular flexibility index (Phi) is 7.51. The molecule has 7 nitrogen and oxygen atoms in total. The van der Waals surface area contributed by atoms with Crippen molar-refractivity contribution in [1.82, 2.24) is 25.5 Å². The normalized spacial score (nSPS) is 18.0. The monoisotopic (exact) mass is 523 g/mol. The molecule has 1 aliphatic carbocycles. The second-order valence-electron chi connectivity index (χ2n) is 10.1. The van der Waals surface area contributed by atoms with Gasteiger partial charge in [-0.05, 0) is 68.0 Å². The fraction of sp³-hybridized carbons (Fsp3) is 0.393. The lowest BCUT2D eigenvalue weighted by Crippen LogP contribution is -2.31. The summed E-state index contributed by atoms with van der Waals surface area (Å²) in [5.41, 5.74) is 2.64. The summed E-state index contributed by atoms with van der Waals surface area (Å²) in [4.78, 5) is 11.5. The lowest BCUT2D eigenvalue weighted by molar-refractivity contribution is -0.137. The zero-order valence-corrected chi connectivity index (χ0v) is 21.5. The van der Waals surface area contributed by atoms with Crippen LogP contribution in [0.4, 0.5) is 24.9 Å². The van der Waals surface area contributed by atoms with Crippen LogP contribution in [0.5, 0.6) is 0 Å². The highest BCUT2D eigenvalue weighted by Crippen LogP contribution is 2.32. The summed E-state index contributed by atoms with van der Waals surface area (Å²) in [6.45, 7) is 1.48. The number of H-pyrrole nitrogens is 1. The van der Waals surface area contributed by atoms with Crippen LogP contribution < -0.4 is 15.5 Å². The van der Waals surface area contributed by atoms with Gasteiger partial charge in [0.15, 0.2) is 0 Å². The number of alkyl halides is 3. The minimum atomic E-state index is -4.34. The maximum atomic E-state index is 12.9. The van der Waals surface area contributed by atoms with Crippen LogP contribution in [-0.2, 0) is 12.7 Å². The highest BCUT2D eigenvalue weighted by Gasteiger charge is 2.30. The molecule has 2 heterocycles. The van der Waals surface area contributed by atoms with Gasteiger partial charge in [-0.3, -0.25) is 5.10 Å². The highest BCUT2D eigenvalue weighted by atomic mass is 19.4. The van der Waals surface area contributed by atoms with Crippen molar-refractivity contribution in [3.63, 3.8) is 0 Å². The van der Waals surface area contributed by atoms with Gasteiger partial charge >= 0.3 is 6.18 Å². The van der Waals surface area contributed by atoms with E-state index in [0.717, 1.165) is 72.3 Å². The van der Waals surface area contributed by atoms with Crippen molar-refractivity contribution < 1.29 is 13.2 Å². The van der Waals surface area contributed by atoms with E-state index in [9.17, 15) is 13.2 Å². The number of halogens is 3. The summed E-state index contributed by atoms with van der Waals surface area (Å²) >= 11 is 0. The molecule has 1 saturated carbocycles. The summed E-state index contributed by atoms with van der Waals surface area (Å²) in [5, 5.41) is 15.1. The number of aromatic nitrogens is 4. The van der Waals surface area contributed by atoms with Crippen molar-refractivity contribution in [2.75, 3.05) is 30.9 Å². The van der Waals surface area contributed by atoms with Gasteiger partial charge in [0.1, 0.15) is 5.82 Å². The largest absolute Gasteiger partial charge is 0.416 e. The summed E-state index contributed by atoms with van der Waals surface area (Å²) in [5.74, 6) is 2.14. The quantitative estimate of drug-likeness (QED) is 0.268. The molecule has 3 N–H and O–H groups in total. The molecule has 2 aromatic carbocycles. The van der Waals surface area contributed by atoms with Gasteiger partial charge < -0.3 is 15.5 Å². The van der Waals surface area contributed by atoms with E-state index < -0.39 is 11.7 Å². The van der Waals surface area contributed by atoms with E-state index >= 15 is 0 Å². The first-order valence-electron chi connectivity index (χ1n) is 12.9. The van der Waals surface area contributed by atoms with E-state index in [4.69, 9.17) is 9.97 Å². The topological polar surface area (TPSA) is 81.8 Å². The molecule has 38 heavy (non-hydrogen) atoms. The van der Waals surface area contributed by atoms with E-state index in [0.29, 0.717) is 30.0 Å². The summed E-state index contributed by atoms with van der Waals surface area (Å²) in [6.07, 6.45) is 1.66. The molecule has 10 heteroatoms. The molecule has 0 unspecified atom stereocenters. The van der Waals surface area contributed by atoms with Gasteiger partial charge in [0, 0.05) is 37.6 Å². The molecule has 0 bridgehead atoms. The van der Waals surface area contributed by atoms with Gasteiger partial charge in [-0.25, -0.2) is 4.98 Å². The van der Waals surface area contributed by atoms with Crippen molar-refractivity contribution in [3.8, 4) is 11.3 Å². The Labute approximate surface area is 219 Å². The fourth-order valence-electron chi connectivity index (χ4n) is 5.09. The Hall–Kier alpha value is -3.66. The number of rotatable bonds is 8. The lowest BCUT2D eigenvalue weighted by atomic mass is 9.86. The average Bonchev–Trinajstić information content (AvgIpc) is 3.37. The maximum absolute atomic E-state index is 12.9. The van der Waals surface area contributed by atoms with Crippen molar-refractivity contribution in [2.45, 2.75) is 44.4 Å². The Morgan fingerprint density at radius 2 is 1.71 bits per heavy atom. The van der Waals surface area contributed by atoms with Crippen molar-refractivity contribution >= 4 is 22.7 Å². The Morgan fingerprint density at radius 1 is 0.974 bits per heavy atom. The molecular weight excluding hydrogens is 491 g/mol. The first-order chi connectivity index (χ1) is 18.3. The van der Waals surface area contributed by atoms with Crippen LogP contribution >= 0.6 is 0 Å². The van der Waals surface area contributed by atoms with Gasteiger partial charge in [-0.1, -0.05) is 24.3 Å². The summed E-state index contributed by atoms with van der Waals surface area (Å²) in [7, 11) is 3.99. The molecule has 0 atom stereocenters. The van der Waals surface area contributed by atoms with Crippen LogP contribution in [-0.4, -0.2) is 46.8 Å². The minimum absolute atomic E-state index is 0.336. The van der Waals surface area contributed by atoms with Gasteiger partial charge in [-0.2, -0.15) is 23.3 Å². The number of para-hydroxylation sites is 1. The third-order valence-electron chi connectivity index (χ3n) is 7.15. The van der Waals surface area contributed by atoms with Crippen LogP contribution in [0.1, 0.15) is 36.8 Å². The Balaban J connectivity index is 1.12. The number of anilines is 2. The SMILES string of the molecule is CN(C)c1nc(NC2CCC(CNCc3cn[nH]c3-c3ccc(C(F)(F)F)cc3)CC2)nc2ccccc12. The van der Waals surface area contributed by atoms with Crippen molar-refractivity contribution in [1.29, 1.82) is 0 Å². The number of hydrogen-bond acceptors (Lipinski definition) is 6. The lowest BCUT2D eigenvalue weighted by Gasteiger charge is -2.29. The molecule has 0 aliphatic heterocycles. The molecule has 0 amide bonds. The fourth-order valence-corrected chi connectivity index (χ4v) is 5.09. The second-order valence-corrected chi connectivity index (χ2v) is 10.1. The summed E-state index contributed by atoms with van der Waals surface area (Å²) < 4.78 is 38.6. The molecule has 1 fully saturated rings. The van der Waals surface area contributed by atoms with Crippen molar-refractivity contribution in [2.24, 2.45) is 5.92 Å². The van der Waals surface area contributed by atoms with Crippen molar-refractivity contribution in [3.05, 3.63) is 65.9 Å². The van der Waals surface area contributed by atoms with E-state index in [1.165, 1.54) is 12.1 Å². The number of benzene rings is 2. The number of aromatic amines is 1. The van der Waals surface area contributed by atoms with E-state index in [2.05, 4.69) is 20.8 Å². The van der Waals surface area contributed by atoms with Gasteiger partial charge in [0.25, 0.3) is 0 Å². The maximum Gasteiger partial charge on any atom is 0.416 e. The molecule has 2 aromatic heterocycles. The van der Waals surface area contributed by atoms with Gasteiger partial charge in [-0.15, -0.1) is 0 Å². The van der Waals surface area contributed by atoms with E-state index in [1.54, 1.807) is 6.20 Å². The van der Waals surface area contributed by atoms with Crippen LogP contribution in [0.2, 0.25) is 0 Å². The second kappa shape index (κ2) is 11.0. The predicted molar refractivity (Wildman–Crippen MR) is 144 cm³/mol. The average molecular weight is 524 g/mol. The molecule has 0 saturated heterocycles. The zero-order chi connectivity index (χ0) is 26.7. The van der Waals surface area contributed by atoms with Crippen LogP contribution in [0.3, 0.4) is 0 Å². The molecule has 0 spiro atoms. The smallest absolute Gasteiger partial charge is 0.362 e. The molecule has 4 aromatic rings.